The minimum absolute atomic E-state index is 0.140. The number of hydrogen-bond donors (Lipinski definition) is 0. The number of ether oxygens (including phenoxy) is 1. The van der Waals surface area contributed by atoms with Crippen molar-refractivity contribution in [1.82, 2.24) is 4.98 Å². The molecule has 0 saturated carbocycles. The Morgan fingerprint density at radius 2 is 1.86 bits per heavy atom. The van der Waals surface area contributed by atoms with E-state index in [-0.39, 0.29) is 17.5 Å². The van der Waals surface area contributed by atoms with E-state index in [2.05, 4.69) is 9.98 Å². The average Bonchev–Trinajstić information content (AvgIpc) is 3.30. The minimum Gasteiger partial charge on any atom is -0.402 e. The Labute approximate surface area is 175 Å². The Kier molecular flexibility index (Phi) is 5.24. The lowest BCUT2D eigenvalue weighted by Crippen LogP contribution is -2.22. The van der Waals surface area contributed by atoms with E-state index in [0.717, 1.165) is 5.69 Å². The SMILES string of the molecule is CC(=O)N(c1ccccc1)c1nc(C=C2N=C(c3ccc(Cl)cc3)OC2=O)cs1. The lowest BCUT2D eigenvalue weighted by atomic mass is 10.2. The van der Waals surface area contributed by atoms with E-state index in [0.29, 0.717) is 21.4 Å². The van der Waals surface area contributed by atoms with Crippen molar-refractivity contribution in [3.63, 3.8) is 0 Å². The molecule has 0 unspecified atom stereocenters. The van der Waals surface area contributed by atoms with Crippen molar-refractivity contribution in [2.45, 2.75) is 6.92 Å². The molecule has 0 fully saturated rings. The summed E-state index contributed by atoms with van der Waals surface area (Å²) in [7, 11) is 0. The second-order valence-electron chi connectivity index (χ2n) is 6.09. The average molecular weight is 424 g/mol. The molecule has 0 spiro atoms. The van der Waals surface area contributed by atoms with Gasteiger partial charge in [-0.2, -0.15) is 0 Å². The molecule has 0 saturated heterocycles. The summed E-state index contributed by atoms with van der Waals surface area (Å²) in [5.41, 5.74) is 2.02. The lowest BCUT2D eigenvalue weighted by Gasteiger charge is -2.17. The van der Waals surface area contributed by atoms with E-state index < -0.39 is 5.97 Å². The maximum absolute atomic E-state index is 12.2. The molecule has 3 aromatic rings. The van der Waals surface area contributed by atoms with Crippen molar-refractivity contribution in [3.8, 4) is 0 Å². The molecule has 1 aliphatic rings. The quantitative estimate of drug-likeness (QED) is 0.445. The molecule has 0 bridgehead atoms. The van der Waals surface area contributed by atoms with E-state index in [4.69, 9.17) is 16.3 Å². The molecule has 1 aliphatic heterocycles. The third-order valence-electron chi connectivity index (χ3n) is 4.03. The van der Waals surface area contributed by atoms with Crippen LogP contribution in [-0.4, -0.2) is 22.8 Å². The van der Waals surface area contributed by atoms with Crippen LogP contribution in [0.4, 0.5) is 10.8 Å². The van der Waals surface area contributed by atoms with Crippen LogP contribution in [0.2, 0.25) is 5.02 Å². The number of anilines is 2. The number of carbonyl (C=O) groups is 2. The molecule has 1 amide bonds. The number of amides is 1. The van der Waals surface area contributed by atoms with E-state index in [1.807, 2.05) is 30.3 Å². The third-order valence-corrected chi connectivity index (χ3v) is 5.12. The number of hydrogen-bond acceptors (Lipinski definition) is 6. The monoisotopic (exact) mass is 423 g/mol. The highest BCUT2D eigenvalue weighted by atomic mass is 35.5. The van der Waals surface area contributed by atoms with Crippen LogP contribution < -0.4 is 4.90 Å². The van der Waals surface area contributed by atoms with Gasteiger partial charge < -0.3 is 4.74 Å². The first-order chi connectivity index (χ1) is 14.0. The highest BCUT2D eigenvalue weighted by Gasteiger charge is 2.25. The Bertz CT molecular complexity index is 1140. The Morgan fingerprint density at radius 1 is 1.14 bits per heavy atom. The first kappa shape index (κ1) is 19.0. The smallest absolute Gasteiger partial charge is 0.363 e. The molecule has 144 valence electrons. The molecular formula is C21H14ClN3O3S. The number of aromatic nitrogens is 1. The number of nitrogens with zero attached hydrogens (tertiary/aromatic N) is 3. The standard InChI is InChI=1S/C21H14ClN3O3S/c1-13(26)25(17-5-3-2-4-6-17)21-23-16(12-29-21)11-18-20(27)28-19(24-18)14-7-9-15(22)10-8-14/h2-12H,1H3. The number of para-hydroxylation sites is 1. The fourth-order valence-corrected chi connectivity index (χ4v) is 3.68. The van der Waals surface area contributed by atoms with Crippen molar-refractivity contribution < 1.29 is 14.3 Å². The fraction of sp³-hybridized carbons (Fsp3) is 0.0476. The molecular weight excluding hydrogens is 410 g/mol. The van der Waals surface area contributed by atoms with Gasteiger partial charge in [0.15, 0.2) is 10.8 Å². The van der Waals surface area contributed by atoms with Gasteiger partial charge in [-0.05, 0) is 42.5 Å². The van der Waals surface area contributed by atoms with Gasteiger partial charge in [0.2, 0.25) is 11.8 Å². The largest absolute Gasteiger partial charge is 0.402 e. The molecule has 8 heteroatoms. The maximum atomic E-state index is 12.2. The van der Waals surface area contributed by atoms with Gasteiger partial charge in [0.05, 0.1) is 11.4 Å². The highest BCUT2D eigenvalue weighted by Crippen LogP contribution is 2.30. The fourth-order valence-electron chi connectivity index (χ4n) is 2.71. The Morgan fingerprint density at radius 3 is 2.55 bits per heavy atom. The summed E-state index contributed by atoms with van der Waals surface area (Å²) in [5.74, 6) is -0.507. The van der Waals surface area contributed by atoms with Gasteiger partial charge in [0.1, 0.15) is 0 Å². The van der Waals surface area contributed by atoms with Gasteiger partial charge in [0.25, 0.3) is 0 Å². The van der Waals surface area contributed by atoms with Crippen LogP contribution in [-0.2, 0) is 14.3 Å². The van der Waals surface area contributed by atoms with Gasteiger partial charge in [0, 0.05) is 22.9 Å². The summed E-state index contributed by atoms with van der Waals surface area (Å²) >= 11 is 7.18. The Hall–Kier alpha value is -3.29. The van der Waals surface area contributed by atoms with E-state index in [1.165, 1.54) is 29.2 Å². The summed E-state index contributed by atoms with van der Waals surface area (Å²) in [6.07, 6.45) is 1.54. The molecule has 0 N–H and O–H groups in total. The van der Waals surface area contributed by atoms with E-state index in [9.17, 15) is 9.59 Å². The van der Waals surface area contributed by atoms with Gasteiger partial charge in [-0.3, -0.25) is 9.69 Å². The van der Waals surface area contributed by atoms with Crippen molar-refractivity contribution in [1.29, 1.82) is 0 Å². The summed E-state index contributed by atoms with van der Waals surface area (Å²) < 4.78 is 5.24. The number of rotatable bonds is 4. The molecule has 0 radical (unpaired) electrons. The summed E-state index contributed by atoms with van der Waals surface area (Å²) in [5, 5.41) is 2.84. The van der Waals surface area contributed by atoms with Gasteiger partial charge in [-0.15, -0.1) is 11.3 Å². The molecule has 1 aromatic heterocycles. The number of cyclic esters (lactones) is 1. The summed E-state index contributed by atoms with van der Waals surface area (Å²) in [6.45, 7) is 1.48. The number of benzene rings is 2. The van der Waals surface area contributed by atoms with Crippen LogP contribution in [0.1, 0.15) is 18.2 Å². The number of halogens is 1. The normalized spacial score (nSPS) is 14.6. The number of carbonyl (C=O) groups excluding carboxylic acids is 2. The van der Waals surface area contributed by atoms with Crippen LogP contribution >= 0.6 is 22.9 Å². The van der Waals surface area contributed by atoms with Crippen molar-refractivity contribution >= 4 is 57.6 Å². The number of aliphatic imine (C=N–C) groups is 1. The molecule has 4 rings (SSSR count). The van der Waals surface area contributed by atoms with Gasteiger partial charge in [-0.1, -0.05) is 29.8 Å². The van der Waals surface area contributed by atoms with Crippen LogP contribution in [0.25, 0.3) is 6.08 Å². The molecule has 2 aromatic carbocycles. The maximum Gasteiger partial charge on any atom is 0.363 e. The highest BCUT2D eigenvalue weighted by molar-refractivity contribution is 7.14. The predicted octanol–water partition coefficient (Wildman–Crippen LogP) is 4.83. The predicted molar refractivity (Wildman–Crippen MR) is 113 cm³/mol. The zero-order valence-electron chi connectivity index (χ0n) is 15.2. The van der Waals surface area contributed by atoms with Crippen molar-refractivity contribution in [2.75, 3.05) is 4.90 Å². The summed E-state index contributed by atoms with van der Waals surface area (Å²) in [6, 6.07) is 16.1. The van der Waals surface area contributed by atoms with Crippen LogP contribution in [0.3, 0.4) is 0 Å². The van der Waals surface area contributed by atoms with E-state index >= 15 is 0 Å². The van der Waals surface area contributed by atoms with Crippen LogP contribution in [0.5, 0.6) is 0 Å². The van der Waals surface area contributed by atoms with Crippen LogP contribution in [0.15, 0.2) is 70.7 Å². The van der Waals surface area contributed by atoms with E-state index in [1.54, 1.807) is 29.6 Å². The van der Waals surface area contributed by atoms with Gasteiger partial charge in [-0.25, -0.2) is 14.8 Å². The minimum atomic E-state index is -0.559. The molecule has 0 atom stereocenters. The first-order valence-electron chi connectivity index (χ1n) is 8.61. The molecule has 6 nitrogen and oxygen atoms in total. The zero-order chi connectivity index (χ0) is 20.4. The second-order valence-corrected chi connectivity index (χ2v) is 7.36. The lowest BCUT2D eigenvalue weighted by molar-refractivity contribution is -0.130. The third kappa shape index (κ3) is 4.11. The van der Waals surface area contributed by atoms with Crippen molar-refractivity contribution in [3.05, 3.63) is 82.0 Å². The molecule has 29 heavy (non-hydrogen) atoms. The van der Waals surface area contributed by atoms with Gasteiger partial charge >= 0.3 is 5.97 Å². The zero-order valence-corrected chi connectivity index (χ0v) is 16.8. The first-order valence-corrected chi connectivity index (χ1v) is 9.87. The topological polar surface area (TPSA) is 71.9 Å². The summed E-state index contributed by atoms with van der Waals surface area (Å²) in [4.78, 5) is 34.6. The number of esters is 1. The van der Waals surface area contributed by atoms with Crippen LogP contribution in [0, 0.1) is 0 Å². The van der Waals surface area contributed by atoms with Crippen molar-refractivity contribution in [2.24, 2.45) is 4.99 Å². The Balaban J connectivity index is 1.62. The number of thiazole rings is 1. The molecule has 0 aliphatic carbocycles. The molecule has 2 heterocycles. The second kappa shape index (κ2) is 7.98.